The number of carbonyl (C=O) groups is 1. The van der Waals surface area contributed by atoms with Gasteiger partial charge in [-0.2, -0.15) is 0 Å². The number of anilines is 1. The highest BCUT2D eigenvalue weighted by Gasteiger charge is 2.51. The van der Waals surface area contributed by atoms with Crippen molar-refractivity contribution in [3.05, 3.63) is 64.2 Å². The van der Waals surface area contributed by atoms with Gasteiger partial charge in [0, 0.05) is 17.7 Å². The first-order chi connectivity index (χ1) is 10.6. The Hall–Kier alpha value is -2.04. The Morgan fingerprint density at radius 1 is 1.23 bits per heavy atom. The lowest BCUT2D eigenvalue weighted by Gasteiger charge is -2.44. The second-order valence-electron chi connectivity index (χ2n) is 5.73. The molecule has 4 nitrogen and oxygen atoms in total. The predicted octanol–water partition coefficient (Wildman–Crippen LogP) is 2.57. The molecule has 22 heavy (non-hydrogen) atoms. The van der Waals surface area contributed by atoms with Crippen molar-refractivity contribution < 1.29 is 4.79 Å². The van der Waals surface area contributed by atoms with Crippen LogP contribution in [0.3, 0.4) is 0 Å². The molecule has 2 aliphatic heterocycles. The van der Waals surface area contributed by atoms with Crippen LogP contribution in [0.1, 0.15) is 27.9 Å². The van der Waals surface area contributed by atoms with Crippen LogP contribution in [0.25, 0.3) is 0 Å². The maximum Gasteiger partial charge on any atom is 0.256 e. The Bertz CT molecular complexity index is 776. The largest absolute Gasteiger partial charge is 0.398 e. The molecule has 3 N–H and O–H groups in total. The van der Waals surface area contributed by atoms with Crippen molar-refractivity contribution in [3.63, 3.8) is 0 Å². The third-order valence-corrected chi connectivity index (χ3v) is 4.89. The molecule has 2 aliphatic rings. The standard InChI is InChI=1S/C17H16ClN3O/c18-14-7-6-11(10-15(14)19)17-13-5-2-1-4-12(13)16(22)21(17)9-3-8-20-17/h1-2,4-7,10,20H,3,8-9,19H2. The van der Waals surface area contributed by atoms with Gasteiger partial charge in [0.15, 0.2) is 0 Å². The number of nitrogen functional groups attached to an aromatic ring is 1. The molecule has 5 heteroatoms. The number of halogens is 1. The number of carbonyl (C=O) groups excluding carboxylic acids is 1. The van der Waals surface area contributed by atoms with Crippen LogP contribution >= 0.6 is 11.6 Å². The first-order valence-corrected chi connectivity index (χ1v) is 7.74. The summed E-state index contributed by atoms with van der Waals surface area (Å²) in [6, 6.07) is 13.4. The van der Waals surface area contributed by atoms with E-state index in [1.165, 1.54) is 0 Å². The zero-order chi connectivity index (χ0) is 15.3. The lowest BCUT2D eigenvalue weighted by Crippen LogP contribution is -2.59. The summed E-state index contributed by atoms with van der Waals surface area (Å²) in [5, 5.41) is 4.08. The van der Waals surface area contributed by atoms with E-state index in [0.29, 0.717) is 10.7 Å². The Morgan fingerprint density at radius 3 is 2.86 bits per heavy atom. The number of nitrogens with two attached hydrogens (primary N) is 1. The third-order valence-electron chi connectivity index (χ3n) is 4.55. The number of benzene rings is 2. The number of amides is 1. The Balaban J connectivity index is 1.99. The van der Waals surface area contributed by atoms with E-state index >= 15 is 0 Å². The number of rotatable bonds is 1. The molecule has 4 rings (SSSR count). The van der Waals surface area contributed by atoms with E-state index in [2.05, 4.69) is 5.32 Å². The van der Waals surface area contributed by atoms with Crippen LogP contribution in [0.15, 0.2) is 42.5 Å². The molecule has 0 aromatic heterocycles. The van der Waals surface area contributed by atoms with Crippen molar-refractivity contribution in [2.45, 2.75) is 12.1 Å². The van der Waals surface area contributed by atoms with E-state index in [-0.39, 0.29) is 5.91 Å². The van der Waals surface area contributed by atoms with Crippen molar-refractivity contribution in [1.82, 2.24) is 10.2 Å². The SMILES string of the molecule is Nc1cc(C23NCCCN2C(=O)c2ccccc23)ccc1Cl. The molecular formula is C17H16ClN3O. The molecule has 1 atom stereocenters. The van der Waals surface area contributed by atoms with E-state index in [9.17, 15) is 4.79 Å². The molecule has 0 saturated carbocycles. The van der Waals surface area contributed by atoms with Crippen LogP contribution in [0.2, 0.25) is 5.02 Å². The summed E-state index contributed by atoms with van der Waals surface area (Å²) < 4.78 is 0. The van der Waals surface area contributed by atoms with E-state index < -0.39 is 5.66 Å². The van der Waals surface area contributed by atoms with Crippen molar-refractivity contribution in [1.29, 1.82) is 0 Å². The van der Waals surface area contributed by atoms with Gasteiger partial charge in [0.05, 0.1) is 10.7 Å². The normalized spacial score (nSPS) is 23.3. The molecule has 0 bridgehead atoms. The molecule has 0 radical (unpaired) electrons. The molecule has 2 aromatic rings. The van der Waals surface area contributed by atoms with Crippen LogP contribution in [0.5, 0.6) is 0 Å². The molecule has 1 amide bonds. The van der Waals surface area contributed by atoms with Crippen molar-refractivity contribution in [3.8, 4) is 0 Å². The zero-order valence-corrected chi connectivity index (χ0v) is 12.7. The number of hydrogen-bond acceptors (Lipinski definition) is 3. The fourth-order valence-electron chi connectivity index (χ4n) is 3.58. The number of hydrogen-bond donors (Lipinski definition) is 2. The molecule has 112 valence electrons. The average Bonchev–Trinajstić information content (AvgIpc) is 2.81. The van der Waals surface area contributed by atoms with Crippen LogP contribution in [0, 0.1) is 0 Å². The highest BCUT2D eigenvalue weighted by Crippen LogP contribution is 2.44. The first kappa shape index (κ1) is 13.6. The molecule has 0 spiro atoms. The highest BCUT2D eigenvalue weighted by atomic mass is 35.5. The molecule has 1 unspecified atom stereocenters. The van der Waals surface area contributed by atoms with Crippen LogP contribution in [-0.2, 0) is 5.66 Å². The summed E-state index contributed by atoms with van der Waals surface area (Å²) in [7, 11) is 0. The van der Waals surface area contributed by atoms with Crippen molar-refractivity contribution in [2.24, 2.45) is 0 Å². The average molecular weight is 314 g/mol. The first-order valence-electron chi connectivity index (χ1n) is 7.36. The molecule has 0 aliphatic carbocycles. The molecule has 2 aromatic carbocycles. The van der Waals surface area contributed by atoms with Crippen LogP contribution in [-0.4, -0.2) is 23.9 Å². The highest BCUT2D eigenvalue weighted by molar-refractivity contribution is 6.33. The summed E-state index contributed by atoms with van der Waals surface area (Å²) in [4.78, 5) is 14.7. The molecular weight excluding hydrogens is 298 g/mol. The molecule has 1 fully saturated rings. The summed E-state index contributed by atoms with van der Waals surface area (Å²) >= 11 is 6.06. The van der Waals surface area contributed by atoms with Crippen LogP contribution < -0.4 is 11.1 Å². The number of fused-ring (bicyclic) bond motifs is 3. The molecule has 1 saturated heterocycles. The van der Waals surface area contributed by atoms with Gasteiger partial charge in [-0.05, 0) is 36.7 Å². The quantitative estimate of drug-likeness (QED) is 0.796. The van der Waals surface area contributed by atoms with Gasteiger partial charge in [0.1, 0.15) is 5.66 Å². The lowest BCUT2D eigenvalue weighted by atomic mass is 9.89. The van der Waals surface area contributed by atoms with E-state index in [4.69, 9.17) is 17.3 Å². The van der Waals surface area contributed by atoms with Crippen LogP contribution in [0.4, 0.5) is 5.69 Å². The minimum absolute atomic E-state index is 0.0660. The maximum atomic E-state index is 12.8. The number of nitrogens with one attached hydrogen (secondary N) is 1. The Labute approximate surface area is 133 Å². The number of nitrogens with zero attached hydrogens (tertiary/aromatic N) is 1. The van der Waals surface area contributed by atoms with Gasteiger partial charge in [-0.3, -0.25) is 10.1 Å². The lowest BCUT2D eigenvalue weighted by molar-refractivity contribution is 0.0457. The third kappa shape index (κ3) is 1.65. The smallest absolute Gasteiger partial charge is 0.256 e. The fraction of sp³-hybridized carbons (Fsp3) is 0.235. The van der Waals surface area contributed by atoms with E-state index in [1.54, 1.807) is 6.07 Å². The molecule has 2 heterocycles. The summed E-state index contributed by atoms with van der Waals surface area (Å²) in [5.41, 5.74) is 8.58. The summed E-state index contributed by atoms with van der Waals surface area (Å²) in [6.45, 7) is 1.57. The van der Waals surface area contributed by atoms with Gasteiger partial charge in [-0.25, -0.2) is 0 Å². The minimum atomic E-state index is -0.634. The monoisotopic (exact) mass is 313 g/mol. The summed E-state index contributed by atoms with van der Waals surface area (Å²) in [5.74, 6) is 0.0660. The van der Waals surface area contributed by atoms with Gasteiger partial charge in [0.25, 0.3) is 5.91 Å². The van der Waals surface area contributed by atoms with Crippen molar-refractivity contribution >= 4 is 23.2 Å². The fourth-order valence-corrected chi connectivity index (χ4v) is 3.69. The van der Waals surface area contributed by atoms with E-state index in [0.717, 1.165) is 36.2 Å². The second-order valence-corrected chi connectivity index (χ2v) is 6.14. The van der Waals surface area contributed by atoms with E-state index in [1.807, 2.05) is 41.3 Å². The second kappa shape index (κ2) is 4.73. The van der Waals surface area contributed by atoms with Gasteiger partial charge in [-0.15, -0.1) is 0 Å². The zero-order valence-electron chi connectivity index (χ0n) is 12.0. The predicted molar refractivity (Wildman–Crippen MR) is 86.7 cm³/mol. The summed E-state index contributed by atoms with van der Waals surface area (Å²) in [6.07, 6.45) is 0.935. The Morgan fingerprint density at radius 2 is 2.05 bits per heavy atom. The topological polar surface area (TPSA) is 58.4 Å². The van der Waals surface area contributed by atoms with Gasteiger partial charge in [-0.1, -0.05) is 35.9 Å². The van der Waals surface area contributed by atoms with Crippen molar-refractivity contribution in [2.75, 3.05) is 18.8 Å². The van der Waals surface area contributed by atoms with Gasteiger partial charge < -0.3 is 10.6 Å². The maximum absolute atomic E-state index is 12.8. The minimum Gasteiger partial charge on any atom is -0.398 e. The van der Waals surface area contributed by atoms with Gasteiger partial charge >= 0.3 is 0 Å². The Kier molecular flexibility index (Phi) is 2.93. The van der Waals surface area contributed by atoms with Gasteiger partial charge in [0.2, 0.25) is 0 Å².